The van der Waals surface area contributed by atoms with Gasteiger partial charge < -0.3 is 16.4 Å². The van der Waals surface area contributed by atoms with E-state index in [1.807, 2.05) is 30.5 Å². The number of fused-ring (bicyclic) bond motifs is 1. The normalized spacial score (nSPS) is 20.0. The standard InChI is InChI=1S/C16H17N7/c17-13-8-18-9-20-15(13)21-11-5-12(6-11)22-16-19-7-10-3-1-2-4-14(10)23-16/h1-4,7-9,11-12H,5-6,17H2,(H,18,20,21)(H,19,22,23)/t11-,12-. The number of nitrogens with zero attached hydrogens (tertiary/aromatic N) is 4. The Morgan fingerprint density at radius 2 is 1.83 bits per heavy atom. The van der Waals surface area contributed by atoms with Crippen LogP contribution >= 0.6 is 0 Å². The monoisotopic (exact) mass is 307 g/mol. The van der Waals surface area contributed by atoms with E-state index in [-0.39, 0.29) is 0 Å². The summed E-state index contributed by atoms with van der Waals surface area (Å²) in [7, 11) is 0. The van der Waals surface area contributed by atoms with Crippen LogP contribution in [0.15, 0.2) is 43.0 Å². The van der Waals surface area contributed by atoms with Gasteiger partial charge in [-0.05, 0) is 18.9 Å². The van der Waals surface area contributed by atoms with Crippen molar-refractivity contribution in [1.82, 2.24) is 19.9 Å². The topological polar surface area (TPSA) is 102 Å². The molecule has 1 aromatic carbocycles. The van der Waals surface area contributed by atoms with Crippen molar-refractivity contribution in [3.63, 3.8) is 0 Å². The fraction of sp³-hybridized carbons (Fsp3) is 0.250. The van der Waals surface area contributed by atoms with Crippen molar-refractivity contribution in [2.24, 2.45) is 0 Å². The zero-order valence-corrected chi connectivity index (χ0v) is 12.5. The molecule has 0 bridgehead atoms. The highest BCUT2D eigenvalue weighted by Crippen LogP contribution is 2.27. The average Bonchev–Trinajstić information content (AvgIpc) is 2.54. The third-order valence-corrected chi connectivity index (χ3v) is 4.04. The number of nitrogen functional groups attached to an aromatic ring is 1. The second-order valence-electron chi connectivity index (χ2n) is 5.73. The fourth-order valence-electron chi connectivity index (χ4n) is 2.73. The molecule has 116 valence electrons. The predicted octanol–water partition coefficient (Wildman–Crippen LogP) is 2.06. The van der Waals surface area contributed by atoms with E-state index in [1.165, 1.54) is 6.33 Å². The van der Waals surface area contributed by atoms with Gasteiger partial charge in [-0.2, -0.15) is 0 Å². The van der Waals surface area contributed by atoms with E-state index in [9.17, 15) is 0 Å². The van der Waals surface area contributed by atoms with E-state index in [2.05, 4.69) is 30.6 Å². The Hall–Kier alpha value is -2.96. The molecule has 3 aromatic rings. The molecule has 7 nitrogen and oxygen atoms in total. The Labute approximate surface area is 133 Å². The molecule has 1 fully saturated rings. The Morgan fingerprint density at radius 3 is 2.70 bits per heavy atom. The molecule has 0 amide bonds. The van der Waals surface area contributed by atoms with Crippen LogP contribution in [-0.2, 0) is 0 Å². The van der Waals surface area contributed by atoms with Crippen molar-refractivity contribution in [3.05, 3.63) is 43.0 Å². The van der Waals surface area contributed by atoms with Crippen molar-refractivity contribution in [2.45, 2.75) is 24.9 Å². The minimum absolute atomic E-state index is 0.352. The molecule has 0 aliphatic heterocycles. The maximum absolute atomic E-state index is 5.84. The van der Waals surface area contributed by atoms with Gasteiger partial charge in [0.15, 0.2) is 5.82 Å². The van der Waals surface area contributed by atoms with Crippen LogP contribution in [0.25, 0.3) is 10.9 Å². The number of hydrogen-bond acceptors (Lipinski definition) is 7. The van der Waals surface area contributed by atoms with Crippen molar-refractivity contribution < 1.29 is 0 Å². The summed E-state index contributed by atoms with van der Waals surface area (Å²) in [6, 6.07) is 8.68. The maximum atomic E-state index is 5.84. The summed E-state index contributed by atoms with van der Waals surface area (Å²) in [6.45, 7) is 0. The zero-order chi connectivity index (χ0) is 15.6. The summed E-state index contributed by atoms with van der Waals surface area (Å²) in [5.41, 5.74) is 7.36. The van der Waals surface area contributed by atoms with Crippen LogP contribution in [0.5, 0.6) is 0 Å². The molecule has 1 aliphatic rings. The number of rotatable bonds is 4. The largest absolute Gasteiger partial charge is 0.394 e. The van der Waals surface area contributed by atoms with Crippen molar-refractivity contribution >= 4 is 28.4 Å². The smallest absolute Gasteiger partial charge is 0.223 e. The summed E-state index contributed by atoms with van der Waals surface area (Å²) in [5, 5.41) is 7.76. The van der Waals surface area contributed by atoms with Gasteiger partial charge in [0, 0.05) is 23.7 Å². The van der Waals surface area contributed by atoms with Gasteiger partial charge in [-0.25, -0.2) is 19.9 Å². The zero-order valence-electron chi connectivity index (χ0n) is 12.5. The highest BCUT2D eigenvalue weighted by molar-refractivity contribution is 5.78. The molecule has 0 saturated heterocycles. The van der Waals surface area contributed by atoms with Crippen LogP contribution in [-0.4, -0.2) is 32.0 Å². The Balaban J connectivity index is 1.36. The summed E-state index contributed by atoms with van der Waals surface area (Å²) in [4.78, 5) is 16.9. The molecule has 0 atom stereocenters. The molecule has 4 rings (SSSR count). The number of aromatic nitrogens is 4. The van der Waals surface area contributed by atoms with Gasteiger partial charge in [0.2, 0.25) is 5.95 Å². The van der Waals surface area contributed by atoms with Gasteiger partial charge in [0.05, 0.1) is 17.4 Å². The SMILES string of the molecule is Nc1cncnc1N[C@H]1C[C@H](Nc2ncc3ccccc3n2)C1. The number of para-hydroxylation sites is 1. The van der Waals surface area contributed by atoms with Gasteiger partial charge in [-0.15, -0.1) is 0 Å². The second kappa shape index (κ2) is 5.68. The third kappa shape index (κ3) is 2.85. The van der Waals surface area contributed by atoms with E-state index in [0.29, 0.717) is 29.5 Å². The molecular formula is C16H17N7. The first kappa shape index (κ1) is 13.7. The highest BCUT2D eigenvalue weighted by atomic mass is 15.1. The summed E-state index contributed by atoms with van der Waals surface area (Å²) < 4.78 is 0. The van der Waals surface area contributed by atoms with E-state index in [1.54, 1.807) is 6.20 Å². The number of nitrogens with one attached hydrogen (secondary N) is 2. The van der Waals surface area contributed by atoms with Gasteiger partial charge in [0.25, 0.3) is 0 Å². The van der Waals surface area contributed by atoms with E-state index in [4.69, 9.17) is 5.73 Å². The second-order valence-corrected chi connectivity index (χ2v) is 5.73. The molecule has 0 spiro atoms. The average molecular weight is 307 g/mol. The first-order valence-corrected chi connectivity index (χ1v) is 7.58. The van der Waals surface area contributed by atoms with E-state index < -0.39 is 0 Å². The molecule has 2 heterocycles. The van der Waals surface area contributed by atoms with Crippen molar-refractivity contribution in [3.8, 4) is 0 Å². The van der Waals surface area contributed by atoms with Crippen molar-refractivity contribution in [2.75, 3.05) is 16.4 Å². The lowest BCUT2D eigenvalue weighted by Gasteiger charge is -2.36. The lowest BCUT2D eigenvalue weighted by Crippen LogP contribution is -2.44. The lowest BCUT2D eigenvalue weighted by molar-refractivity contribution is 0.395. The fourth-order valence-corrected chi connectivity index (χ4v) is 2.73. The maximum Gasteiger partial charge on any atom is 0.223 e. The molecule has 7 heteroatoms. The number of nitrogens with two attached hydrogens (primary N) is 1. The first-order chi connectivity index (χ1) is 11.3. The lowest BCUT2D eigenvalue weighted by atomic mass is 9.87. The predicted molar refractivity (Wildman–Crippen MR) is 90.0 cm³/mol. The van der Waals surface area contributed by atoms with Crippen LogP contribution in [0.3, 0.4) is 0 Å². The molecule has 0 radical (unpaired) electrons. The molecule has 1 saturated carbocycles. The Morgan fingerprint density at radius 1 is 1.00 bits per heavy atom. The molecule has 1 aliphatic carbocycles. The van der Waals surface area contributed by atoms with Crippen LogP contribution in [0, 0.1) is 0 Å². The molecular weight excluding hydrogens is 290 g/mol. The molecule has 4 N–H and O–H groups in total. The molecule has 23 heavy (non-hydrogen) atoms. The van der Waals surface area contributed by atoms with Crippen molar-refractivity contribution in [1.29, 1.82) is 0 Å². The first-order valence-electron chi connectivity index (χ1n) is 7.58. The minimum Gasteiger partial charge on any atom is -0.394 e. The van der Waals surface area contributed by atoms with Gasteiger partial charge >= 0.3 is 0 Å². The molecule has 2 aromatic heterocycles. The van der Waals surface area contributed by atoms with Crippen LogP contribution < -0.4 is 16.4 Å². The summed E-state index contributed by atoms with van der Waals surface area (Å²) >= 11 is 0. The third-order valence-electron chi connectivity index (χ3n) is 4.04. The number of anilines is 3. The highest BCUT2D eigenvalue weighted by Gasteiger charge is 2.30. The Bertz CT molecular complexity index is 829. The quantitative estimate of drug-likeness (QED) is 0.678. The Kier molecular flexibility index (Phi) is 3.38. The number of benzene rings is 1. The summed E-state index contributed by atoms with van der Waals surface area (Å²) in [6.07, 6.45) is 6.89. The van der Waals surface area contributed by atoms with Gasteiger partial charge in [0.1, 0.15) is 6.33 Å². The summed E-state index contributed by atoms with van der Waals surface area (Å²) in [5.74, 6) is 1.37. The van der Waals surface area contributed by atoms with Gasteiger partial charge in [-0.1, -0.05) is 18.2 Å². The number of hydrogen-bond donors (Lipinski definition) is 3. The minimum atomic E-state index is 0.352. The van der Waals surface area contributed by atoms with Crippen LogP contribution in [0.2, 0.25) is 0 Å². The van der Waals surface area contributed by atoms with Crippen LogP contribution in [0.1, 0.15) is 12.8 Å². The molecule has 0 unspecified atom stereocenters. The van der Waals surface area contributed by atoms with Gasteiger partial charge in [-0.3, -0.25) is 0 Å². The van der Waals surface area contributed by atoms with E-state index in [0.717, 1.165) is 23.7 Å². The van der Waals surface area contributed by atoms with Crippen LogP contribution in [0.4, 0.5) is 17.5 Å². The van der Waals surface area contributed by atoms with E-state index >= 15 is 0 Å².